The van der Waals surface area contributed by atoms with E-state index in [2.05, 4.69) is 10.2 Å². The molecule has 1 fully saturated rings. The fraction of sp³-hybridized carbons (Fsp3) is 0.562. The minimum Gasteiger partial charge on any atom is -0.388 e. The van der Waals surface area contributed by atoms with Gasteiger partial charge in [-0.3, -0.25) is 4.79 Å². The Morgan fingerprint density at radius 3 is 2.76 bits per heavy atom. The molecule has 0 aliphatic carbocycles. The van der Waals surface area contributed by atoms with Crippen LogP contribution in [0.1, 0.15) is 28.8 Å². The molecule has 1 aliphatic heterocycles. The predicted octanol–water partition coefficient (Wildman–Crippen LogP) is 1.74. The van der Waals surface area contributed by atoms with Crippen molar-refractivity contribution in [2.24, 2.45) is 0 Å². The number of hydrogen-bond acceptors (Lipinski definition) is 4. The third-order valence-corrected chi connectivity index (χ3v) is 4.68. The van der Waals surface area contributed by atoms with E-state index in [0.717, 1.165) is 36.5 Å². The molecule has 2 rings (SSSR count). The predicted molar refractivity (Wildman–Crippen MR) is 87.7 cm³/mol. The third-order valence-electron chi connectivity index (χ3n) is 3.69. The van der Waals surface area contributed by atoms with Crippen LogP contribution in [0.15, 0.2) is 24.3 Å². The highest BCUT2D eigenvalue weighted by atomic mass is 32.2. The summed E-state index contributed by atoms with van der Waals surface area (Å²) in [5.41, 5.74) is 1.03. The largest absolute Gasteiger partial charge is 0.388 e. The second-order valence-corrected chi connectivity index (χ2v) is 7.18. The SMILES string of the molecule is CN(C)Cc1cccc(C(=O)NCC2(O)CCSCC2)c1. The molecule has 0 saturated carbocycles. The molecule has 1 aliphatic rings. The van der Waals surface area contributed by atoms with Crippen molar-refractivity contribution in [3.05, 3.63) is 35.4 Å². The number of nitrogens with one attached hydrogen (secondary N) is 1. The fourth-order valence-electron chi connectivity index (χ4n) is 2.45. The lowest BCUT2D eigenvalue weighted by atomic mass is 9.96. The molecule has 0 unspecified atom stereocenters. The smallest absolute Gasteiger partial charge is 0.251 e. The monoisotopic (exact) mass is 308 g/mol. The van der Waals surface area contributed by atoms with Crippen molar-refractivity contribution in [3.8, 4) is 0 Å². The molecule has 0 aromatic heterocycles. The van der Waals surface area contributed by atoms with E-state index in [0.29, 0.717) is 12.1 Å². The molecule has 0 radical (unpaired) electrons. The Labute approximate surface area is 130 Å². The van der Waals surface area contributed by atoms with Crippen LogP contribution in [-0.2, 0) is 6.54 Å². The van der Waals surface area contributed by atoms with E-state index in [1.165, 1.54) is 0 Å². The standard InChI is InChI=1S/C16H24N2O2S/c1-18(2)11-13-4-3-5-14(10-13)15(19)17-12-16(20)6-8-21-9-7-16/h3-5,10,20H,6-9,11-12H2,1-2H3,(H,17,19). The third kappa shape index (κ3) is 5.02. The summed E-state index contributed by atoms with van der Waals surface area (Å²) in [6.45, 7) is 1.15. The number of aliphatic hydroxyl groups is 1. The van der Waals surface area contributed by atoms with Crippen LogP contribution in [-0.4, -0.2) is 53.7 Å². The minimum atomic E-state index is -0.734. The van der Waals surface area contributed by atoms with Crippen LogP contribution in [0.25, 0.3) is 0 Å². The maximum absolute atomic E-state index is 12.2. The first kappa shape index (κ1) is 16.3. The molecule has 0 spiro atoms. The molecule has 5 heteroatoms. The van der Waals surface area contributed by atoms with Crippen molar-refractivity contribution < 1.29 is 9.90 Å². The topological polar surface area (TPSA) is 52.6 Å². The molecule has 1 heterocycles. The van der Waals surface area contributed by atoms with E-state index in [1.807, 2.05) is 50.1 Å². The highest BCUT2D eigenvalue weighted by molar-refractivity contribution is 7.99. The number of amides is 1. The number of thioether (sulfide) groups is 1. The number of benzene rings is 1. The van der Waals surface area contributed by atoms with Crippen LogP contribution in [0.2, 0.25) is 0 Å². The molecule has 116 valence electrons. The van der Waals surface area contributed by atoms with Crippen LogP contribution in [0, 0.1) is 0 Å². The van der Waals surface area contributed by atoms with Gasteiger partial charge >= 0.3 is 0 Å². The van der Waals surface area contributed by atoms with Crippen LogP contribution in [0.3, 0.4) is 0 Å². The van der Waals surface area contributed by atoms with Crippen molar-refractivity contribution in [3.63, 3.8) is 0 Å². The average Bonchev–Trinajstić information content (AvgIpc) is 2.45. The second kappa shape index (κ2) is 7.29. The van der Waals surface area contributed by atoms with Crippen LogP contribution in [0.4, 0.5) is 0 Å². The summed E-state index contributed by atoms with van der Waals surface area (Å²) in [7, 11) is 4.01. The first-order valence-corrected chi connectivity index (χ1v) is 8.46. The van der Waals surface area contributed by atoms with Crippen molar-refractivity contribution >= 4 is 17.7 Å². The van der Waals surface area contributed by atoms with Gasteiger partial charge in [0.1, 0.15) is 0 Å². The minimum absolute atomic E-state index is 0.109. The molecule has 2 N–H and O–H groups in total. The Morgan fingerprint density at radius 1 is 1.38 bits per heavy atom. The van der Waals surface area contributed by atoms with E-state index in [-0.39, 0.29) is 5.91 Å². The Kier molecular flexibility index (Phi) is 5.67. The summed E-state index contributed by atoms with van der Waals surface area (Å²) < 4.78 is 0. The van der Waals surface area contributed by atoms with Crippen molar-refractivity contribution in [1.29, 1.82) is 0 Å². The highest BCUT2D eigenvalue weighted by Crippen LogP contribution is 2.26. The Morgan fingerprint density at radius 2 is 2.10 bits per heavy atom. The first-order valence-electron chi connectivity index (χ1n) is 7.30. The molecule has 0 atom stereocenters. The number of carbonyl (C=O) groups is 1. The molecule has 1 saturated heterocycles. The summed E-state index contributed by atoms with van der Waals surface area (Å²) in [4.78, 5) is 14.3. The van der Waals surface area contributed by atoms with Gasteiger partial charge < -0.3 is 15.3 Å². The molecule has 1 aromatic carbocycles. The quantitative estimate of drug-likeness (QED) is 0.870. The van der Waals surface area contributed by atoms with Crippen LogP contribution in [0.5, 0.6) is 0 Å². The van der Waals surface area contributed by atoms with Gasteiger partial charge in [-0.25, -0.2) is 0 Å². The van der Waals surface area contributed by atoms with Crippen molar-refractivity contribution in [2.45, 2.75) is 25.0 Å². The summed E-state index contributed by atoms with van der Waals surface area (Å²) in [6, 6.07) is 7.65. The van der Waals surface area contributed by atoms with Gasteiger partial charge in [-0.1, -0.05) is 12.1 Å². The second-order valence-electron chi connectivity index (χ2n) is 5.96. The maximum atomic E-state index is 12.2. The molecule has 21 heavy (non-hydrogen) atoms. The van der Waals surface area contributed by atoms with Gasteiger partial charge in [-0.15, -0.1) is 0 Å². The molecular weight excluding hydrogens is 284 g/mol. The van der Waals surface area contributed by atoms with E-state index < -0.39 is 5.60 Å². The first-order chi connectivity index (χ1) is 9.98. The highest BCUT2D eigenvalue weighted by Gasteiger charge is 2.29. The van der Waals surface area contributed by atoms with Gasteiger partial charge in [-0.2, -0.15) is 11.8 Å². The Hall–Kier alpha value is -1.04. The lowest BCUT2D eigenvalue weighted by Crippen LogP contribution is -2.45. The van der Waals surface area contributed by atoms with Crippen LogP contribution < -0.4 is 5.32 Å². The summed E-state index contributed by atoms with van der Waals surface area (Å²) >= 11 is 1.86. The van der Waals surface area contributed by atoms with Gasteiger partial charge in [0.05, 0.1) is 5.60 Å². The van der Waals surface area contributed by atoms with Gasteiger partial charge in [0.2, 0.25) is 0 Å². The molecule has 1 amide bonds. The van der Waals surface area contributed by atoms with E-state index >= 15 is 0 Å². The van der Waals surface area contributed by atoms with E-state index in [4.69, 9.17) is 0 Å². The number of nitrogens with zero attached hydrogens (tertiary/aromatic N) is 1. The zero-order valence-corrected chi connectivity index (χ0v) is 13.6. The number of carbonyl (C=O) groups excluding carboxylic acids is 1. The molecule has 1 aromatic rings. The van der Waals surface area contributed by atoms with Gasteiger partial charge in [0.15, 0.2) is 0 Å². The number of hydrogen-bond donors (Lipinski definition) is 2. The van der Waals surface area contributed by atoms with Gasteiger partial charge in [0, 0.05) is 18.7 Å². The Balaban J connectivity index is 1.93. The average molecular weight is 308 g/mol. The molecule has 0 bridgehead atoms. The number of rotatable bonds is 5. The van der Waals surface area contributed by atoms with E-state index in [1.54, 1.807) is 0 Å². The molecular formula is C16H24N2O2S. The van der Waals surface area contributed by atoms with Crippen LogP contribution >= 0.6 is 11.8 Å². The van der Waals surface area contributed by atoms with Crippen molar-refractivity contribution in [2.75, 3.05) is 32.1 Å². The summed E-state index contributed by atoms with van der Waals surface area (Å²) in [5.74, 6) is 1.82. The zero-order valence-electron chi connectivity index (χ0n) is 12.8. The lowest BCUT2D eigenvalue weighted by molar-refractivity contribution is 0.0311. The summed E-state index contributed by atoms with van der Waals surface area (Å²) in [6.07, 6.45) is 1.50. The normalized spacial score (nSPS) is 17.7. The van der Waals surface area contributed by atoms with Crippen molar-refractivity contribution in [1.82, 2.24) is 10.2 Å². The lowest BCUT2D eigenvalue weighted by Gasteiger charge is -2.31. The molecule has 4 nitrogen and oxygen atoms in total. The van der Waals surface area contributed by atoms with E-state index in [9.17, 15) is 9.90 Å². The maximum Gasteiger partial charge on any atom is 0.251 e. The van der Waals surface area contributed by atoms with Gasteiger partial charge in [-0.05, 0) is 56.1 Å². The Bertz CT molecular complexity index is 485. The van der Waals surface area contributed by atoms with Gasteiger partial charge in [0.25, 0.3) is 5.91 Å². The zero-order chi connectivity index (χ0) is 15.3. The fourth-order valence-corrected chi connectivity index (χ4v) is 3.70. The summed E-state index contributed by atoms with van der Waals surface area (Å²) in [5, 5.41) is 13.3.